The Morgan fingerprint density at radius 1 is 1.38 bits per heavy atom. The van der Waals surface area contributed by atoms with Crippen LogP contribution in [0, 0.1) is 5.92 Å². The lowest BCUT2D eigenvalue weighted by Gasteiger charge is -2.07. The number of aromatic nitrogens is 3. The molecule has 112 valence electrons. The van der Waals surface area contributed by atoms with Crippen molar-refractivity contribution in [1.29, 1.82) is 0 Å². The normalized spacial score (nSPS) is 18.3. The molecule has 0 bridgehead atoms. The molecule has 1 aliphatic heterocycles. The number of ether oxygens (including phenoxy) is 1. The summed E-state index contributed by atoms with van der Waals surface area (Å²) >= 11 is 0. The van der Waals surface area contributed by atoms with Gasteiger partial charge in [0.1, 0.15) is 11.9 Å². The Kier molecular flexibility index (Phi) is 4.15. The molecule has 1 N–H and O–H groups in total. The van der Waals surface area contributed by atoms with Gasteiger partial charge < -0.3 is 14.6 Å². The fourth-order valence-corrected chi connectivity index (χ4v) is 2.20. The van der Waals surface area contributed by atoms with Gasteiger partial charge in [-0.3, -0.25) is 0 Å². The van der Waals surface area contributed by atoms with Crippen molar-refractivity contribution in [3.05, 3.63) is 24.2 Å². The van der Waals surface area contributed by atoms with E-state index in [1.165, 1.54) is 0 Å². The van der Waals surface area contributed by atoms with Crippen LogP contribution in [0.5, 0.6) is 0 Å². The second kappa shape index (κ2) is 6.22. The zero-order valence-electron chi connectivity index (χ0n) is 12.4. The molecule has 0 radical (unpaired) electrons. The van der Waals surface area contributed by atoms with E-state index >= 15 is 0 Å². The molecule has 0 amide bonds. The van der Waals surface area contributed by atoms with Crippen LogP contribution in [-0.2, 0) is 4.74 Å². The minimum absolute atomic E-state index is 0.0498. The Morgan fingerprint density at radius 3 is 2.95 bits per heavy atom. The molecule has 1 aliphatic rings. The van der Waals surface area contributed by atoms with Crippen LogP contribution >= 0.6 is 0 Å². The molecule has 6 heteroatoms. The summed E-state index contributed by atoms with van der Waals surface area (Å²) < 4.78 is 10.8. The molecule has 0 saturated carbocycles. The van der Waals surface area contributed by atoms with E-state index in [4.69, 9.17) is 9.26 Å². The summed E-state index contributed by atoms with van der Waals surface area (Å²) in [6.07, 6.45) is 3.69. The topological polar surface area (TPSA) is 73.1 Å². The third kappa shape index (κ3) is 3.39. The standard InChI is InChI=1S/C15H20N4O2/c1-10(2)8-16-13-6-5-11(9-17-13)14-18-15(21-19-14)12-4-3-7-20-12/h5-6,9-10,12H,3-4,7-8H2,1-2H3,(H,16,17)/t12-/m0/s1. The summed E-state index contributed by atoms with van der Waals surface area (Å²) in [7, 11) is 0. The molecule has 3 rings (SSSR count). The van der Waals surface area contributed by atoms with Crippen molar-refractivity contribution in [2.24, 2.45) is 5.92 Å². The number of anilines is 1. The van der Waals surface area contributed by atoms with Crippen LogP contribution in [0.1, 0.15) is 38.7 Å². The van der Waals surface area contributed by atoms with Crippen LogP contribution in [-0.4, -0.2) is 28.3 Å². The highest BCUT2D eigenvalue weighted by atomic mass is 16.5. The fraction of sp³-hybridized carbons (Fsp3) is 0.533. The summed E-state index contributed by atoms with van der Waals surface area (Å²) in [5.41, 5.74) is 0.845. The van der Waals surface area contributed by atoms with E-state index in [2.05, 4.69) is 34.3 Å². The predicted octanol–water partition coefficient (Wildman–Crippen LogP) is 3.05. The molecule has 1 fully saturated rings. The number of nitrogens with zero attached hydrogens (tertiary/aromatic N) is 3. The molecule has 6 nitrogen and oxygen atoms in total. The number of hydrogen-bond donors (Lipinski definition) is 1. The van der Waals surface area contributed by atoms with Crippen LogP contribution < -0.4 is 5.32 Å². The Morgan fingerprint density at radius 2 is 2.29 bits per heavy atom. The second-order valence-electron chi connectivity index (χ2n) is 5.66. The molecule has 0 aliphatic carbocycles. The van der Waals surface area contributed by atoms with Crippen molar-refractivity contribution >= 4 is 5.82 Å². The summed E-state index contributed by atoms with van der Waals surface area (Å²) in [5, 5.41) is 7.29. The minimum atomic E-state index is -0.0498. The van der Waals surface area contributed by atoms with Gasteiger partial charge in [0.05, 0.1) is 0 Å². The maximum Gasteiger partial charge on any atom is 0.256 e. The fourth-order valence-electron chi connectivity index (χ4n) is 2.20. The van der Waals surface area contributed by atoms with Gasteiger partial charge >= 0.3 is 0 Å². The van der Waals surface area contributed by atoms with Gasteiger partial charge in [-0.1, -0.05) is 19.0 Å². The monoisotopic (exact) mass is 288 g/mol. The van der Waals surface area contributed by atoms with Gasteiger partial charge in [0.25, 0.3) is 5.89 Å². The van der Waals surface area contributed by atoms with E-state index in [0.29, 0.717) is 17.6 Å². The highest BCUT2D eigenvalue weighted by molar-refractivity contribution is 5.55. The smallest absolute Gasteiger partial charge is 0.256 e. The Labute approximate surface area is 123 Å². The van der Waals surface area contributed by atoms with Crippen molar-refractivity contribution in [2.75, 3.05) is 18.5 Å². The first-order valence-electron chi connectivity index (χ1n) is 7.38. The first kappa shape index (κ1) is 14.0. The Hall–Kier alpha value is -1.95. The van der Waals surface area contributed by atoms with E-state index in [-0.39, 0.29) is 6.10 Å². The molecule has 21 heavy (non-hydrogen) atoms. The first-order valence-corrected chi connectivity index (χ1v) is 7.38. The molecule has 0 spiro atoms. The molecule has 2 aromatic rings. The quantitative estimate of drug-likeness (QED) is 0.911. The number of rotatable bonds is 5. The zero-order chi connectivity index (χ0) is 14.7. The SMILES string of the molecule is CC(C)CNc1ccc(-c2noc([C@@H]3CCCO3)n2)cn1. The van der Waals surface area contributed by atoms with Gasteiger partial charge in [-0.2, -0.15) is 4.98 Å². The number of nitrogens with one attached hydrogen (secondary N) is 1. The Balaban J connectivity index is 1.69. The lowest BCUT2D eigenvalue weighted by molar-refractivity contribution is 0.0835. The lowest BCUT2D eigenvalue weighted by atomic mass is 10.2. The molecule has 1 atom stereocenters. The number of pyridine rings is 1. The average molecular weight is 288 g/mol. The van der Waals surface area contributed by atoms with Crippen LogP contribution in [0.3, 0.4) is 0 Å². The highest BCUT2D eigenvalue weighted by Gasteiger charge is 2.24. The van der Waals surface area contributed by atoms with Crippen molar-refractivity contribution < 1.29 is 9.26 Å². The predicted molar refractivity (Wildman–Crippen MR) is 78.8 cm³/mol. The molecule has 2 aromatic heterocycles. The maximum atomic E-state index is 5.54. The maximum absolute atomic E-state index is 5.54. The van der Waals surface area contributed by atoms with Gasteiger partial charge in [-0.15, -0.1) is 0 Å². The minimum Gasteiger partial charge on any atom is -0.370 e. The van der Waals surface area contributed by atoms with E-state index in [1.54, 1.807) is 6.20 Å². The summed E-state index contributed by atoms with van der Waals surface area (Å²) in [6, 6.07) is 3.87. The molecule has 0 aromatic carbocycles. The summed E-state index contributed by atoms with van der Waals surface area (Å²) in [6.45, 7) is 5.98. The molecular weight excluding hydrogens is 268 g/mol. The van der Waals surface area contributed by atoms with Crippen molar-refractivity contribution in [3.8, 4) is 11.4 Å². The van der Waals surface area contributed by atoms with E-state index in [0.717, 1.165) is 37.4 Å². The summed E-state index contributed by atoms with van der Waals surface area (Å²) in [4.78, 5) is 8.77. The molecule has 3 heterocycles. The van der Waals surface area contributed by atoms with Crippen LogP contribution in [0.2, 0.25) is 0 Å². The van der Waals surface area contributed by atoms with E-state index in [1.807, 2.05) is 12.1 Å². The third-order valence-electron chi connectivity index (χ3n) is 3.36. The highest BCUT2D eigenvalue weighted by Crippen LogP contribution is 2.28. The van der Waals surface area contributed by atoms with E-state index in [9.17, 15) is 0 Å². The number of hydrogen-bond acceptors (Lipinski definition) is 6. The largest absolute Gasteiger partial charge is 0.370 e. The van der Waals surface area contributed by atoms with Gasteiger partial charge in [-0.25, -0.2) is 4.98 Å². The van der Waals surface area contributed by atoms with E-state index < -0.39 is 0 Å². The summed E-state index contributed by atoms with van der Waals surface area (Å²) in [5.74, 6) is 2.56. The van der Waals surface area contributed by atoms with Crippen molar-refractivity contribution in [1.82, 2.24) is 15.1 Å². The Bertz CT molecular complexity index is 574. The van der Waals surface area contributed by atoms with Crippen LogP contribution in [0.4, 0.5) is 5.82 Å². The zero-order valence-corrected chi connectivity index (χ0v) is 12.4. The molecular formula is C15H20N4O2. The van der Waals surface area contributed by atoms with Gasteiger partial charge in [0, 0.05) is 24.9 Å². The van der Waals surface area contributed by atoms with Crippen molar-refractivity contribution in [3.63, 3.8) is 0 Å². The van der Waals surface area contributed by atoms with Gasteiger partial charge in [0.15, 0.2) is 0 Å². The lowest BCUT2D eigenvalue weighted by Crippen LogP contribution is -2.08. The van der Waals surface area contributed by atoms with Crippen molar-refractivity contribution in [2.45, 2.75) is 32.8 Å². The molecule has 1 saturated heterocycles. The van der Waals surface area contributed by atoms with Crippen LogP contribution in [0.25, 0.3) is 11.4 Å². The third-order valence-corrected chi connectivity index (χ3v) is 3.36. The van der Waals surface area contributed by atoms with Gasteiger partial charge in [0.2, 0.25) is 5.82 Å². The first-order chi connectivity index (χ1) is 10.2. The molecule has 0 unspecified atom stereocenters. The van der Waals surface area contributed by atoms with Crippen LogP contribution in [0.15, 0.2) is 22.9 Å². The second-order valence-corrected chi connectivity index (χ2v) is 5.66. The average Bonchev–Trinajstić information content (AvgIpc) is 3.16. The van der Waals surface area contributed by atoms with Gasteiger partial charge in [-0.05, 0) is 30.9 Å².